The fourth-order valence-corrected chi connectivity index (χ4v) is 2.66. The molecule has 3 rings (SSSR count). The van der Waals surface area contributed by atoms with E-state index in [0.717, 1.165) is 21.7 Å². The molecule has 2 aromatic rings. The maximum absolute atomic E-state index is 6.35. The largest absolute Gasteiger partial charge is 0.478 e. The molecule has 96 valence electrons. The Balaban J connectivity index is 2.13. The van der Waals surface area contributed by atoms with E-state index < -0.39 is 0 Å². The van der Waals surface area contributed by atoms with Gasteiger partial charge in [0.1, 0.15) is 6.04 Å². The van der Waals surface area contributed by atoms with Crippen molar-refractivity contribution in [2.24, 2.45) is 4.99 Å². The first-order valence-corrected chi connectivity index (χ1v) is 6.73. The van der Waals surface area contributed by atoms with Crippen LogP contribution in [0.3, 0.4) is 0 Å². The molecule has 2 aromatic carbocycles. The molecular formula is C16H14ClNO. The number of benzene rings is 2. The Bertz CT molecular complexity index is 622. The fourth-order valence-electron chi connectivity index (χ4n) is 2.38. The number of aliphatic imine (C=N–C) groups is 1. The quantitative estimate of drug-likeness (QED) is 0.801. The maximum atomic E-state index is 6.35. The lowest BCUT2D eigenvalue weighted by Crippen LogP contribution is -2.03. The minimum absolute atomic E-state index is 0.0635. The van der Waals surface area contributed by atoms with Crippen LogP contribution in [-0.4, -0.2) is 12.5 Å². The minimum atomic E-state index is -0.0635. The summed E-state index contributed by atoms with van der Waals surface area (Å²) in [6.45, 7) is 2.56. The molecule has 0 saturated heterocycles. The van der Waals surface area contributed by atoms with Gasteiger partial charge in [0.25, 0.3) is 0 Å². The third-order valence-corrected chi connectivity index (χ3v) is 3.53. The second kappa shape index (κ2) is 5.06. The van der Waals surface area contributed by atoms with Gasteiger partial charge in [-0.3, -0.25) is 0 Å². The third kappa shape index (κ3) is 2.13. The lowest BCUT2D eigenvalue weighted by Gasteiger charge is -2.10. The molecule has 0 aromatic heterocycles. The van der Waals surface area contributed by atoms with Crippen molar-refractivity contribution >= 4 is 17.5 Å². The summed E-state index contributed by atoms with van der Waals surface area (Å²) in [4.78, 5) is 4.69. The van der Waals surface area contributed by atoms with Crippen molar-refractivity contribution in [1.82, 2.24) is 0 Å². The van der Waals surface area contributed by atoms with Crippen LogP contribution in [0.1, 0.15) is 29.7 Å². The summed E-state index contributed by atoms with van der Waals surface area (Å²) in [6, 6.07) is 15.9. The number of ether oxygens (including phenoxy) is 1. The molecule has 19 heavy (non-hydrogen) atoms. The summed E-state index contributed by atoms with van der Waals surface area (Å²) in [7, 11) is 0. The van der Waals surface area contributed by atoms with Gasteiger partial charge in [0.2, 0.25) is 5.90 Å². The molecular weight excluding hydrogens is 258 g/mol. The molecule has 2 nitrogen and oxygen atoms in total. The summed E-state index contributed by atoms with van der Waals surface area (Å²) in [5.41, 5.74) is 3.17. The second-order valence-corrected chi connectivity index (χ2v) is 4.79. The summed E-state index contributed by atoms with van der Waals surface area (Å²) in [5.74, 6) is 0.689. The zero-order valence-corrected chi connectivity index (χ0v) is 11.4. The van der Waals surface area contributed by atoms with Gasteiger partial charge < -0.3 is 4.74 Å². The number of nitrogens with zero attached hydrogens (tertiary/aromatic N) is 1. The van der Waals surface area contributed by atoms with Gasteiger partial charge in [-0.1, -0.05) is 48.0 Å². The number of halogens is 1. The Labute approximate surface area is 117 Å². The predicted octanol–water partition coefficient (Wildman–Crippen LogP) is 4.23. The average Bonchev–Trinajstić information content (AvgIpc) is 2.81. The number of hydrogen-bond donors (Lipinski definition) is 0. The fraction of sp³-hybridized carbons (Fsp3) is 0.188. The first-order valence-electron chi connectivity index (χ1n) is 6.35. The predicted molar refractivity (Wildman–Crippen MR) is 77.9 cm³/mol. The molecule has 1 unspecified atom stereocenters. The zero-order chi connectivity index (χ0) is 13.2. The van der Waals surface area contributed by atoms with Crippen LogP contribution < -0.4 is 0 Å². The zero-order valence-electron chi connectivity index (χ0n) is 10.6. The Morgan fingerprint density at radius 3 is 2.63 bits per heavy atom. The molecule has 1 atom stereocenters. The van der Waals surface area contributed by atoms with Crippen LogP contribution in [-0.2, 0) is 4.74 Å². The monoisotopic (exact) mass is 271 g/mol. The van der Waals surface area contributed by atoms with Gasteiger partial charge in [-0.05, 0) is 24.6 Å². The van der Waals surface area contributed by atoms with Crippen molar-refractivity contribution in [3.05, 3.63) is 70.2 Å². The molecule has 0 bridgehead atoms. The summed E-state index contributed by atoms with van der Waals surface area (Å²) in [5, 5.41) is 0.741. The topological polar surface area (TPSA) is 21.6 Å². The SMILES string of the molecule is CCOC1=NC(c2ccccc2)c2c(Cl)cccc21. The second-order valence-electron chi connectivity index (χ2n) is 4.38. The lowest BCUT2D eigenvalue weighted by atomic mass is 9.98. The van der Waals surface area contributed by atoms with Crippen molar-refractivity contribution in [3.63, 3.8) is 0 Å². The molecule has 1 aliphatic rings. The van der Waals surface area contributed by atoms with E-state index in [9.17, 15) is 0 Å². The van der Waals surface area contributed by atoms with E-state index in [-0.39, 0.29) is 6.04 Å². The molecule has 0 amide bonds. The summed E-state index contributed by atoms with van der Waals surface area (Å²) in [6.07, 6.45) is 0. The van der Waals surface area contributed by atoms with Crippen molar-refractivity contribution in [2.45, 2.75) is 13.0 Å². The smallest absolute Gasteiger partial charge is 0.217 e. The van der Waals surface area contributed by atoms with Gasteiger partial charge in [0.05, 0.1) is 6.61 Å². The van der Waals surface area contributed by atoms with E-state index >= 15 is 0 Å². The molecule has 0 N–H and O–H groups in total. The maximum Gasteiger partial charge on any atom is 0.217 e. The number of rotatable bonds is 2. The van der Waals surface area contributed by atoms with Crippen molar-refractivity contribution in [1.29, 1.82) is 0 Å². The van der Waals surface area contributed by atoms with Crippen LogP contribution in [0.5, 0.6) is 0 Å². The van der Waals surface area contributed by atoms with Crippen LogP contribution in [0, 0.1) is 0 Å². The van der Waals surface area contributed by atoms with Crippen LogP contribution >= 0.6 is 11.6 Å². The highest BCUT2D eigenvalue weighted by molar-refractivity contribution is 6.32. The van der Waals surface area contributed by atoms with Gasteiger partial charge in [-0.2, -0.15) is 0 Å². The third-order valence-electron chi connectivity index (χ3n) is 3.20. The molecule has 0 saturated carbocycles. The van der Waals surface area contributed by atoms with E-state index in [2.05, 4.69) is 17.1 Å². The minimum Gasteiger partial charge on any atom is -0.478 e. The Kier molecular flexibility index (Phi) is 3.26. The first kappa shape index (κ1) is 12.2. The molecule has 1 heterocycles. The highest BCUT2D eigenvalue weighted by Crippen LogP contribution is 2.39. The van der Waals surface area contributed by atoms with Gasteiger partial charge in [-0.25, -0.2) is 4.99 Å². The Hall–Kier alpha value is -1.80. The molecule has 0 aliphatic carbocycles. The normalized spacial score (nSPS) is 16.9. The number of fused-ring (bicyclic) bond motifs is 1. The van der Waals surface area contributed by atoms with Crippen LogP contribution in [0.25, 0.3) is 0 Å². The van der Waals surface area contributed by atoms with Crippen LogP contribution in [0.2, 0.25) is 5.02 Å². The van der Waals surface area contributed by atoms with E-state index in [0.29, 0.717) is 12.5 Å². The van der Waals surface area contributed by atoms with Gasteiger partial charge in [0.15, 0.2) is 0 Å². The van der Waals surface area contributed by atoms with Crippen molar-refractivity contribution < 1.29 is 4.74 Å². The Morgan fingerprint density at radius 1 is 1.11 bits per heavy atom. The highest BCUT2D eigenvalue weighted by atomic mass is 35.5. The van der Waals surface area contributed by atoms with E-state index in [1.165, 1.54) is 0 Å². The van der Waals surface area contributed by atoms with E-state index in [1.54, 1.807) is 0 Å². The standard InChI is InChI=1S/C16H14ClNO/c1-2-19-16-12-9-6-10-13(17)14(12)15(18-16)11-7-4-3-5-8-11/h3-10,15H,2H2,1H3. The average molecular weight is 272 g/mol. The van der Waals surface area contributed by atoms with Gasteiger partial charge in [-0.15, -0.1) is 0 Å². The van der Waals surface area contributed by atoms with E-state index in [4.69, 9.17) is 16.3 Å². The summed E-state index contributed by atoms with van der Waals surface area (Å²) >= 11 is 6.35. The highest BCUT2D eigenvalue weighted by Gasteiger charge is 2.29. The molecule has 3 heteroatoms. The van der Waals surface area contributed by atoms with Crippen molar-refractivity contribution in [3.8, 4) is 0 Å². The lowest BCUT2D eigenvalue weighted by molar-refractivity contribution is 0.328. The molecule has 0 spiro atoms. The Morgan fingerprint density at radius 2 is 1.89 bits per heavy atom. The molecule has 0 radical (unpaired) electrons. The van der Waals surface area contributed by atoms with Crippen molar-refractivity contribution in [2.75, 3.05) is 6.61 Å². The molecule has 1 aliphatic heterocycles. The number of hydrogen-bond acceptors (Lipinski definition) is 2. The summed E-state index contributed by atoms with van der Waals surface area (Å²) < 4.78 is 5.63. The van der Waals surface area contributed by atoms with Gasteiger partial charge in [0, 0.05) is 16.1 Å². The molecule has 0 fully saturated rings. The van der Waals surface area contributed by atoms with Crippen LogP contribution in [0.15, 0.2) is 53.5 Å². The van der Waals surface area contributed by atoms with E-state index in [1.807, 2.05) is 43.3 Å². The first-order chi connectivity index (χ1) is 9.31. The van der Waals surface area contributed by atoms with Crippen LogP contribution in [0.4, 0.5) is 0 Å². The van der Waals surface area contributed by atoms with Gasteiger partial charge >= 0.3 is 0 Å².